The summed E-state index contributed by atoms with van der Waals surface area (Å²) in [4.78, 5) is 1.35. The third-order valence-electron chi connectivity index (χ3n) is 6.94. The normalized spacial score (nSPS) is 21.8. The van der Waals surface area contributed by atoms with E-state index in [1.54, 1.807) is 0 Å². The maximum Gasteiger partial charge on any atom is 0.0275 e. The first kappa shape index (κ1) is 17.9. The molecule has 0 heterocycles. The van der Waals surface area contributed by atoms with Crippen LogP contribution in [0.5, 0.6) is 0 Å². The van der Waals surface area contributed by atoms with Crippen LogP contribution in [0.1, 0.15) is 75.3 Å². The lowest BCUT2D eigenvalue weighted by molar-refractivity contribution is 0.327. The van der Waals surface area contributed by atoms with Crippen LogP contribution in [0.4, 0.5) is 0 Å². The fraction of sp³-hybridized carbons (Fsp3) is 0.480. The zero-order valence-corrected chi connectivity index (χ0v) is 16.6. The molecule has 2 fully saturated rings. The Hall–Kier alpha value is -1.47. The van der Waals surface area contributed by atoms with Crippen LogP contribution in [-0.4, -0.2) is 4.86 Å². The van der Waals surface area contributed by atoms with Crippen LogP contribution in [0.3, 0.4) is 0 Å². The Labute approximate surface area is 164 Å². The minimum Gasteiger partial charge on any atom is -0.0877 e. The van der Waals surface area contributed by atoms with E-state index in [4.69, 9.17) is 12.2 Å². The molecular weight excluding hydrogens is 332 g/mol. The standard InChI is InChI=1S/C25H30S/c26-23(24(17-9-3-10-18-24)21-13-5-1-6-14-21)25(19-11-4-12-20-25)22-15-7-2-8-16-22/h1-2,5-8,13-16H,3-4,9-12,17-20H2. The molecule has 0 unspecified atom stereocenters. The zero-order valence-electron chi connectivity index (χ0n) is 15.8. The number of benzene rings is 2. The molecule has 0 amide bonds. The molecule has 0 spiro atoms. The summed E-state index contributed by atoms with van der Waals surface area (Å²) in [5, 5.41) is 0. The Morgan fingerprint density at radius 3 is 1.23 bits per heavy atom. The lowest BCUT2D eigenvalue weighted by atomic mass is 9.56. The van der Waals surface area contributed by atoms with Crippen molar-refractivity contribution < 1.29 is 0 Å². The highest BCUT2D eigenvalue weighted by molar-refractivity contribution is 7.80. The quantitative estimate of drug-likeness (QED) is 0.520. The molecule has 2 saturated carbocycles. The maximum absolute atomic E-state index is 6.48. The highest BCUT2D eigenvalue weighted by Crippen LogP contribution is 2.51. The maximum atomic E-state index is 6.48. The van der Waals surface area contributed by atoms with Gasteiger partial charge in [0, 0.05) is 15.7 Å². The van der Waals surface area contributed by atoms with E-state index in [-0.39, 0.29) is 10.8 Å². The Morgan fingerprint density at radius 1 is 0.538 bits per heavy atom. The van der Waals surface area contributed by atoms with Gasteiger partial charge in [-0.25, -0.2) is 0 Å². The minimum absolute atomic E-state index is 0.0853. The SMILES string of the molecule is S=C(C1(c2ccccc2)CCCCC1)C1(c2ccccc2)CCCCC1. The van der Waals surface area contributed by atoms with Crippen molar-refractivity contribution in [2.24, 2.45) is 0 Å². The predicted molar refractivity (Wildman–Crippen MR) is 115 cm³/mol. The molecule has 0 radical (unpaired) electrons. The number of thiocarbonyl (C=S) groups is 1. The molecule has 136 valence electrons. The van der Waals surface area contributed by atoms with Gasteiger partial charge in [0.1, 0.15) is 0 Å². The summed E-state index contributed by atoms with van der Waals surface area (Å²) in [6.07, 6.45) is 12.8. The van der Waals surface area contributed by atoms with Gasteiger partial charge in [0.2, 0.25) is 0 Å². The Bertz CT molecular complexity index is 656. The lowest BCUT2D eigenvalue weighted by Gasteiger charge is -2.49. The first-order valence-electron chi connectivity index (χ1n) is 10.4. The molecule has 0 N–H and O–H groups in total. The summed E-state index contributed by atoms with van der Waals surface area (Å²) in [6.45, 7) is 0. The average molecular weight is 363 g/mol. The highest BCUT2D eigenvalue weighted by Gasteiger charge is 2.48. The topological polar surface area (TPSA) is 0 Å². The largest absolute Gasteiger partial charge is 0.0877 e. The molecule has 0 atom stereocenters. The van der Waals surface area contributed by atoms with Crippen LogP contribution in [0, 0.1) is 0 Å². The van der Waals surface area contributed by atoms with Gasteiger partial charge in [0.15, 0.2) is 0 Å². The molecule has 0 saturated heterocycles. The fourth-order valence-corrected chi connectivity index (χ4v) is 6.22. The van der Waals surface area contributed by atoms with Crippen molar-refractivity contribution in [1.82, 2.24) is 0 Å². The molecule has 2 aromatic carbocycles. The van der Waals surface area contributed by atoms with Crippen LogP contribution in [-0.2, 0) is 10.8 Å². The summed E-state index contributed by atoms with van der Waals surface area (Å²) < 4.78 is 0. The first-order valence-corrected chi connectivity index (χ1v) is 10.8. The van der Waals surface area contributed by atoms with Crippen LogP contribution in [0.15, 0.2) is 60.7 Å². The summed E-state index contributed by atoms with van der Waals surface area (Å²) in [5.74, 6) is 0. The van der Waals surface area contributed by atoms with Crippen molar-refractivity contribution in [1.29, 1.82) is 0 Å². The molecule has 0 bridgehead atoms. The monoisotopic (exact) mass is 362 g/mol. The van der Waals surface area contributed by atoms with Gasteiger partial charge >= 0.3 is 0 Å². The van der Waals surface area contributed by atoms with E-state index >= 15 is 0 Å². The van der Waals surface area contributed by atoms with Gasteiger partial charge in [-0.1, -0.05) is 111 Å². The molecular formula is C25H30S. The second-order valence-corrected chi connectivity index (χ2v) is 8.75. The third kappa shape index (κ3) is 3.05. The van der Waals surface area contributed by atoms with Gasteiger partial charge in [-0.2, -0.15) is 0 Å². The molecule has 26 heavy (non-hydrogen) atoms. The zero-order chi connectivity index (χ0) is 17.9. The van der Waals surface area contributed by atoms with E-state index in [0.29, 0.717) is 0 Å². The van der Waals surface area contributed by atoms with E-state index in [1.807, 2.05) is 0 Å². The van der Waals surface area contributed by atoms with Crippen molar-refractivity contribution in [2.45, 2.75) is 75.0 Å². The van der Waals surface area contributed by atoms with Crippen LogP contribution in [0.2, 0.25) is 0 Å². The average Bonchev–Trinajstić information content (AvgIpc) is 2.75. The summed E-state index contributed by atoms with van der Waals surface area (Å²) >= 11 is 6.48. The van der Waals surface area contributed by atoms with E-state index < -0.39 is 0 Å². The molecule has 1 heteroatoms. The van der Waals surface area contributed by atoms with E-state index in [0.717, 1.165) is 0 Å². The van der Waals surface area contributed by atoms with E-state index in [9.17, 15) is 0 Å². The summed E-state index contributed by atoms with van der Waals surface area (Å²) in [5.41, 5.74) is 3.10. The molecule has 0 aromatic heterocycles. The summed E-state index contributed by atoms with van der Waals surface area (Å²) in [7, 11) is 0. The molecule has 2 aromatic rings. The second kappa shape index (κ2) is 7.64. The molecule has 2 aliphatic carbocycles. The number of hydrogen-bond acceptors (Lipinski definition) is 1. The van der Waals surface area contributed by atoms with Crippen LogP contribution < -0.4 is 0 Å². The smallest absolute Gasteiger partial charge is 0.0275 e. The number of rotatable bonds is 4. The third-order valence-corrected chi connectivity index (χ3v) is 7.72. The molecule has 4 rings (SSSR count). The van der Waals surface area contributed by atoms with Gasteiger partial charge in [-0.3, -0.25) is 0 Å². The number of hydrogen-bond donors (Lipinski definition) is 0. The van der Waals surface area contributed by atoms with Crippen molar-refractivity contribution >= 4 is 17.1 Å². The molecule has 0 nitrogen and oxygen atoms in total. The van der Waals surface area contributed by atoms with Gasteiger partial charge in [0.05, 0.1) is 0 Å². The van der Waals surface area contributed by atoms with E-state index in [2.05, 4.69) is 60.7 Å². The van der Waals surface area contributed by atoms with Gasteiger partial charge in [0.25, 0.3) is 0 Å². The summed E-state index contributed by atoms with van der Waals surface area (Å²) in [6, 6.07) is 22.4. The van der Waals surface area contributed by atoms with Crippen molar-refractivity contribution in [3.63, 3.8) is 0 Å². The Kier molecular flexibility index (Phi) is 5.27. The van der Waals surface area contributed by atoms with E-state index in [1.165, 1.54) is 80.2 Å². The minimum atomic E-state index is 0.0853. The van der Waals surface area contributed by atoms with Crippen LogP contribution in [0.25, 0.3) is 0 Å². The molecule has 0 aliphatic heterocycles. The Balaban J connectivity index is 1.83. The first-order chi connectivity index (χ1) is 12.8. The highest BCUT2D eigenvalue weighted by atomic mass is 32.1. The Morgan fingerprint density at radius 2 is 0.885 bits per heavy atom. The fourth-order valence-electron chi connectivity index (χ4n) is 5.58. The van der Waals surface area contributed by atoms with Gasteiger partial charge in [-0.05, 0) is 36.8 Å². The van der Waals surface area contributed by atoms with Gasteiger partial charge in [-0.15, -0.1) is 0 Å². The predicted octanol–water partition coefficient (Wildman–Crippen LogP) is 7.16. The lowest BCUT2D eigenvalue weighted by Crippen LogP contribution is -2.50. The van der Waals surface area contributed by atoms with Crippen LogP contribution >= 0.6 is 12.2 Å². The van der Waals surface area contributed by atoms with Gasteiger partial charge < -0.3 is 0 Å². The van der Waals surface area contributed by atoms with Crippen molar-refractivity contribution in [2.75, 3.05) is 0 Å². The van der Waals surface area contributed by atoms with Crippen molar-refractivity contribution in [3.8, 4) is 0 Å². The molecule has 2 aliphatic rings. The second-order valence-electron chi connectivity index (χ2n) is 8.35. The van der Waals surface area contributed by atoms with Crippen molar-refractivity contribution in [3.05, 3.63) is 71.8 Å².